The van der Waals surface area contributed by atoms with Gasteiger partial charge in [0, 0.05) is 13.1 Å². The number of carbonyl (C=O) groups excluding carboxylic acids is 1. The fourth-order valence-corrected chi connectivity index (χ4v) is 1.80. The van der Waals surface area contributed by atoms with E-state index in [0.717, 1.165) is 12.8 Å². The van der Waals surface area contributed by atoms with E-state index in [-0.39, 0.29) is 12.6 Å². The molecular formula is C15H24N2O2. The quantitative estimate of drug-likeness (QED) is 0.660. The second-order valence-electron chi connectivity index (χ2n) is 4.91. The van der Waals surface area contributed by atoms with E-state index in [1.54, 1.807) is 0 Å². The van der Waals surface area contributed by atoms with Crippen molar-refractivity contribution < 1.29 is 9.90 Å². The largest absolute Gasteiger partial charge is 0.395 e. The predicted octanol–water partition coefficient (Wildman–Crippen LogP) is 2.03. The monoisotopic (exact) mass is 264 g/mol. The molecule has 1 aromatic carbocycles. The molecule has 0 saturated heterocycles. The standard InChI is InChI=1S/C15H24N2O2/c1-12(2)14-7-5-13(6-8-14)4-3-9-16-15(19)17-10-11-18/h5-8,12,18H,3-4,9-11H2,1-2H3,(H2,16,17,19). The smallest absolute Gasteiger partial charge is 0.314 e. The van der Waals surface area contributed by atoms with Crippen LogP contribution in [-0.2, 0) is 6.42 Å². The number of carbonyl (C=O) groups is 1. The summed E-state index contributed by atoms with van der Waals surface area (Å²) in [6, 6.07) is 8.43. The van der Waals surface area contributed by atoms with E-state index >= 15 is 0 Å². The molecule has 0 bridgehead atoms. The molecule has 0 aromatic heterocycles. The summed E-state index contributed by atoms with van der Waals surface area (Å²) in [7, 11) is 0. The zero-order valence-corrected chi connectivity index (χ0v) is 11.8. The predicted molar refractivity (Wildman–Crippen MR) is 77.3 cm³/mol. The first kappa shape index (κ1) is 15.5. The minimum atomic E-state index is -0.218. The van der Waals surface area contributed by atoms with Gasteiger partial charge in [0.1, 0.15) is 0 Å². The first-order valence-electron chi connectivity index (χ1n) is 6.85. The minimum absolute atomic E-state index is 0.0321. The van der Waals surface area contributed by atoms with Crippen molar-refractivity contribution in [1.29, 1.82) is 0 Å². The lowest BCUT2D eigenvalue weighted by molar-refractivity contribution is 0.234. The molecule has 1 rings (SSSR count). The van der Waals surface area contributed by atoms with E-state index in [1.807, 2.05) is 0 Å². The fourth-order valence-electron chi connectivity index (χ4n) is 1.80. The molecule has 0 heterocycles. The summed E-state index contributed by atoms with van der Waals surface area (Å²) in [5.74, 6) is 0.561. The molecule has 2 amide bonds. The maximum absolute atomic E-state index is 11.2. The summed E-state index contributed by atoms with van der Waals surface area (Å²) < 4.78 is 0. The van der Waals surface area contributed by atoms with Crippen LogP contribution in [0.1, 0.15) is 37.3 Å². The lowest BCUT2D eigenvalue weighted by Crippen LogP contribution is -2.37. The third-order valence-electron chi connectivity index (χ3n) is 2.97. The number of urea groups is 1. The molecule has 0 aliphatic carbocycles. The van der Waals surface area contributed by atoms with Gasteiger partial charge in [0.25, 0.3) is 0 Å². The van der Waals surface area contributed by atoms with E-state index < -0.39 is 0 Å². The molecular weight excluding hydrogens is 240 g/mol. The molecule has 4 nitrogen and oxygen atoms in total. The van der Waals surface area contributed by atoms with Crippen molar-refractivity contribution in [3.05, 3.63) is 35.4 Å². The Morgan fingerprint density at radius 2 is 1.79 bits per heavy atom. The fraction of sp³-hybridized carbons (Fsp3) is 0.533. The van der Waals surface area contributed by atoms with E-state index in [4.69, 9.17) is 5.11 Å². The Labute approximate surface area is 115 Å². The molecule has 3 N–H and O–H groups in total. The molecule has 0 spiro atoms. The summed E-state index contributed by atoms with van der Waals surface area (Å²) in [4.78, 5) is 11.2. The Morgan fingerprint density at radius 1 is 1.16 bits per heavy atom. The van der Waals surface area contributed by atoms with Crippen LogP contribution >= 0.6 is 0 Å². The van der Waals surface area contributed by atoms with Crippen LogP contribution in [0.25, 0.3) is 0 Å². The van der Waals surface area contributed by atoms with Gasteiger partial charge in [0.2, 0.25) is 0 Å². The maximum Gasteiger partial charge on any atom is 0.314 e. The van der Waals surface area contributed by atoms with Crippen LogP contribution in [-0.4, -0.2) is 30.8 Å². The molecule has 0 unspecified atom stereocenters. The SMILES string of the molecule is CC(C)c1ccc(CCCNC(=O)NCCO)cc1. The van der Waals surface area contributed by atoms with Crippen molar-refractivity contribution in [1.82, 2.24) is 10.6 Å². The molecule has 0 fully saturated rings. The number of aryl methyl sites for hydroxylation is 1. The summed E-state index contributed by atoms with van der Waals surface area (Å²) >= 11 is 0. The Morgan fingerprint density at radius 3 is 2.37 bits per heavy atom. The maximum atomic E-state index is 11.2. The first-order chi connectivity index (χ1) is 9.13. The van der Waals surface area contributed by atoms with E-state index in [2.05, 4.69) is 48.7 Å². The second-order valence-corrected chi connectivity index (χ2v) is 4.91. The van der Waals surface area contributed by atoms with Crippen molar-refractivity contribution in [2.45, 2.75) is 32.6 Å². The molecule has 1 aromatic rings. The third-order valence-corrected chi connectivity index (χ3v) is 2.97. The van der Waals surface area contributed by atoms with Gasteiger partial charge in [0.15, 0.2) is 0 Å². The average Bonchev–Trinajstić information content (AvgIpc) is 2.41. The molecule has 106 valence electrons. The molecule has 0 aliphatic rings. The zero-order chi connectivity index (χ0) is 14.1. The highest BCUT2D eigenvalue weighted by Gasteiger charge is 2.00. The normalized spacial score (nSPS) is 10.5. The highest BCUT2D eigenvalue weighted by Crippen LogP contribution is 2.15. The number of amides is 2. The number of hydrogen-bond acceptors (Lipinski definition) is 2. The van der Waals surface area contributed by atoms with Crippen molar-refractivity contribution in [3.63, 3.8) is 0 Å². The van der Waals surface area contributed by atoms with Gasteiger partial charge in [-0.3, -0.25) is 0 Å². The van der Waals surface area contributed by atoms with E-state index in [1.165, 1.54) is 11.1 Å². The summed E-state index contributed by atoms with van der Waals surface area (Å²) in [6.45, 7) is 5.27. The average molecular weight is 264 g/mol. The molecule has 4 heteroatoms. The van der Waals surface area contributed by atoms with Crippen LogP contribution in [0.5, 0.6) is 0 Å². The van der Waals surface area contributed by atoms with Crippen LogP contribution in [0.2, 0.25) is 0 Å². The van der Waals surface area contributed by atoms with Crippen LogP contribution in [0, 0.1) is 0 Å². The molecule has 0 radical (unpaired) electrons. The van der Waals surface area contributed by atoms with Crippen molar-refractivity contribution in [2.75, 3.05) is 19.7 Å². The number of rotatable bonds is 7. The van der Waals surface area contributed by atoms with Gasteiger partial charge in [-0.15, -0.1) is 0 Å². The Hall–Kier alpha value is -1.55. The Bertz CT molecular complexity index is 374. The molecule has 0 saturated carbocycles. The highest BCUT2D eigenvalue weighted by atomic mass is 16.3. The number of aliphatic hydroxyl groups excluding tert-OH is 1. The van der Waals surface area contributed by atoms with Crippen LogP contribution < -0.4 is 10.6 Å². The van der Waals surface area contributed by atoms with Gasteiger partial charge in [-0.2, -0.15) is 0 Å². The van der Waals surface area contributed by atoms with Gasteiger partial charge in [-0.25, -0.2) is 4.79 Å². The Balaban J connectivity index is 2.20. The van der Waals surface area contributed by atoms with E-state index in [9.17, 15) is 4.79 Å². The van der Waals surface area contributed by atoms with Crippen LogP contribution in [0.15, 0.2) is 24.3 Å². The number of hydrogen-bond donors (Lipinski definition) is 3. The van der Waals surface area contributed by atoms with Crippen molar-refractivity contribution in [3.8, 4) is 0 Å². The van der Waals surface area contributed by atoms with E-state index in [0.29, 0.717) is 19.0 Å². The van der Waals surface area contributed by atoms with Gasteiger partial charge in [-0.1, -0.05) is 38.1 Å². The van der Waals surface area contributed by atoms with Gasteiger partial charge in [0.05, 0.1) is 6.61 Å². The van der Waals surface area contributed by atoms with Gasteiger partial charge in [-0.05, 0) is 29.9 Å². The third kappa shape index (κ3) is 6.25. The van der Waals surface area contributed by atoms with Gasteiger partial charge < -0.3 is 15.7 Å². The summed E-state index contributed by atoms with van der Waals surface area (Å²) in [6.07, 6.45) is 1.87. The number of benzene rings is 1. The lowest BCUT2D eigenvalue weighted by Gasteiger charge is -2.08. The van der Waals surface area contributed by atoms with Crippen molar-refractivity contribution >= 4 is 6.03 Å². The second kappa shape index (κ2) is 8.53. The highest BCUT2D eigenvalue weighted by molar-refractivity contribution is 5.73. The topological polar surface area (TPSA) is 61.4 Å². The first-order valence-corrected chi connectivity index (χ1v) is 6.85. The van der Waals surface area contributed by atoms with Crippen molar-refractivity contribution in [2.24, 2.45) is 0 Å². The zero-order valence-electron chi connectivity index (χ0n) is 11.8. The van der Waals surface area contributed by atoms with Crippen LogP contribution in [0.3, 0.4) is 0 Å². The molecule has 19 heavy (non-hydrogen) atoms. The summed E-state index contributed by atoms with van der Waals surface area (Å²) in [5.41, 5.74) is 2.65. The van der Waals surface area contributed by atoms with Gasteiger partial charge >= 0.3 is 6.03 Å². The molecule has 0 atom stereocenters. The Kier molecular flexibility index (Phi) is 6.97. The van der Waals surface area contributed by atoms with Crippen LogP contribution in [0.4, 0.5) is 4.79 Å². The molecule has 0 aliphatic heterocycles. The minimum Gasteiger partial charge on any atom is -0.395 e. The number of aliphatic hydroxyl groups is 1. The lowest BCUT2D eigenvalue weighted by atomic mass is 10.0. The number of nitrogens with one attached hydrogen (secondary N) is 2. The summed E-state index contributed by atoms with van der Waals surface area (Å²) in [5, 5.41) is 13.9.